The molecule has 2 atom stereocenters. The molecule has 16 heavy (non-hydrogen) atoms. The first-order valence-corrected chi connectivity index (χ1v) is 6.04. The molecule has 0 amide bonds. The molecular weight excluding hydrogens is 198 g/mol. The lowest BCUT2D eigenvalue weighted by atomic mass is 9.80. The van der Waals surface area contributed by atoms with Gasteiger partial charge in [0.15, 0.2) is 0 Å². The van der Waals surface area contributed by atoms with Crippen molar-refractivity contribution in [2.24, 2.45) is 11.7 Å². The minimum absolute atomic E-state index is 0.264. The van der Waals surface area contributed by atoms with Crippen molar-refractivity contribution >= 4 is 0 Å². The summed E-state index contributed by atoms with van der Waals surface area (Å²) in [6, 6.07) is 8.12. The minimum Gasteiger partial charge on any atom is -0.494 e. The molecule has 0 aliphatic carbocycles. The van der Waals surface area contributed by atoms with Crippen molar-refractivity contribution in [2.45, 2.75) is 39.7 Å². The van der Waals surface area contributed by atoms with E-state index >= 15 is 0 Å². The van der Waals surface area contributed by atoms with Crippen molar-refractivity contribution in [1.82, 2.24) is 0 Å². The van der Waals surface area contributed by atoms with Gasteiger partial charge in [0.2, 0.25) is 0 Å². The van der Waals surface area contributed by atoms with Crippen molar-refractivity contribution < 1.29 is 4.74 Å². The van der Waals surface area contributed by atoms with Gasteiger partial charge in [-0.3, -0.25) is 0 Å². The summed E-state index contributed by atoms with van der Waals surface area (Å²) in [6.45, 7) is 9.14. The lowest BCUT2D eigenvalue weighted by Crippen LogP contribution is -2.39. The quantitative estimate of drug-likeness (QED) is 0.828. The van der Waals surface area contributed by atoms with Crippen LogP contribution in [0, 0.1) is 5.92 Å². The molecular formula is C14H23NO. The maximum absolute atomic E-state index is 6.38. The topological polar surface area (TPSA) is 35.2 Å². The van der Waals surface area contributed by atoms with Crippen molar-refractivity contribution in [1.29, 1.82) is 0 Å². The summed E-state index contributed by atoms with van der Waals surface area (Å²) in [6.07, 6.45) is 1.08. The van der Waals surface area contributed by atoms with E-state index in [0.717, 1.165) is 12.2 Å². The molecule has 0 aliphatic heterocycles. The molecule has 2 unspecified atom stereocenters. The normalized spacial score (nSPS) is 16.6. The molecule has 2 N–H and O–H groups in total. The molecule has 1 aromatic rings. The molecule has 0 saturated heterocycles. The van der Waals surface area contributed by atoms with Gasteiger partial charge in [0, 0.05) is 5.54 Å². The summed E-state index contributed by atoms with van der Waals surface area (Å²) in [4.78, 5) is 0. The van der Waals surface area contributed by atoms with Crippen molar-refractivity contribution in [3.8, 4) is 5.75 Å². The first-order valence-electron chi connectivity index (χ1n) is 6.04. The van der Waals surface area contributed by atoms with Crippen LogP contribution < -0.4 is 10.5 Å². The fourth-order valence-corrected chi connectivity index (χ4v) is 1.79. The molecule has 0 aliphatic rings. The SMILES string of the molecule is CCOc1ccc(C(C)(N)C(C)CC)cc1. The lowest BCUT2D eigenvalue weighted by Gasteiger charge is -2.31. The molecule has 0 bridgehead atoms. The number of rotatable bonds is 5. The van der Waals surface area contributed by atoms with Crippen LogP contribution in [0.15, 0.2) is 24.3 Å². The predicted octanol–water partition coefficient (Wildman–Crippen LogP) is 3.31. The predicted molar refractivity (Wildman–Crippen MR) is 68.6 cm³/mol. The zero-order chi connectivity index (χ0) is 12.2. The summed E-state index contributed by atoms with van der Waals surface area (Å²) < 4.78 is 5.42. The maximum Gasteiger partial charge on any atom is 0.119 e. The largest absolute Gasteiger partial charge is 0.494 e. The first kappa shape index (κ1) is 13.0. The Balaban J connectivity index is 2.88. The molecule has 0 aromatic heterocycles. The summed E-state index contributed by atoms with van der Waals surface area (Å²) >= 11 is 0. The van der Waals surface area contributed by atoms with Crippen LogP contribution in [-0.4, -0.2) is 6.61 Å². The van der Waals surface area contributed by atoms with E-state index in [1.807, 2.05) is 19.1 Å². The van der Waals surface area contributed by atoms with Crippen LogP contribution in [0.25, 0.3) is 0 Å². The van der Waals surface area contributed by atoms with Crippen LogP contribution >= 0.6 is 0 Å². The van der Waals surface area contributed by atoms with Crippen LogP contribution in [0.3, 0.4) is 0 Å². The molecule has 0 saturated carbocycles. The second-order valence-corrected chi connectivity index (χ2v) is 4.55. The van der Waals surface area contributed by atoms with Crippen molar-refractivity contribution in [3.05, 3.63) is 29.8 Å². The van der Waals surface area contributed by atoms with Gasteiger partial charge in [-0.15, -0.1) is 0 Å². The zero-order valence-electron chi connectivity index (χ0n) is 10.8. The Kier molecular flexibility index (Phi) is 4.36. The fraction of sp³-hybridized carbons (Fsp3) is 0.571. The Morgan fingerprint density at radius 2 is 1.81 bits per heavy atom. The Hall–Kier alpha value is -1.02. The van der Waals surface area contributed by atoms with Crippen LogP contribution in [0.1, 0.15) is 39.7 Å². The van der Waals surface area contributed by atoms with E-state index in [0.29, 0.717) is 12.5 Å². The lowest BCUT2D eigenvalue weighted by molar-refractivity contribution is 0.314. The third-order valence-electron chi connectivity index (χ3n) is 3.42. The van der Waals surface area contributed by atoms with Crippen molar-refractivity contribution in [3.63, 3.8) is 0 Å². The number of nitrogens with two attached hydrogens (primary N) is 1. The smallest absolute Gasteiger partial charge is 0.119 e. The van der Waals surface area contributed by atoms with Gasteiger partial charge >= 0.3 is 0 Å². The van der Waals surface area contributed by atoms with E-state index in [4.69, 9.17) is 10.5 Å². The van der Waals surface area contributed by atoms with E-state index in [9.17, 15) is 0 Å². The first-order chi connectivity index (χ1) is 7.52. The van der Waals surface area contributed by atoms with Gasteiger partial charge < -0.3 is 10.5 Å². The van der Waals surface area contributed by atoms with Gasteiger partial charge in [-0.2, -0.15) is 0 Å². The summed E-state index contributed by atoms with van der Waals surface area (Å²) in [5.41, 5.74) is 7.28. The Morgan fingerprint density at radius 1 is 1.25 bits per heavy atom. The molecule has 0 heterocycles. The highest BCUT2D eigenvalue weighted by Crippen LogP contribution is 2.29. The summed E-state index contributed by atoms with van der Waals surface area (Å²) in [7, 11) is 0. The highest BCUT2D eigenvalue weighted by molar-refractivity contribution is 5.31. The average molecular weight is 221 g/mol. The monoisotopic (exact) mass is 221 g/mol. The highest BCUT2D eigenvalue weighted by Gasteiger charge is 2.26. The highest BCUT2D eigenvalue weighted by atomic mass is 16.5. The van der Waals surface area contributed by atoms with E-state index in [1.54, 1.807) is 0 Å². The van der Waals surface area contributed by atoms with Gasteiger partial charge in [-0.25, -0.2) is 0 Å². The third-order valence-corrected chi connectivity index (χ3v) is 3.42. The molecule has 2 nitrogen and oxygen atoms in total. The number of ether oxygens (including phenoxy) is 1. The second-order valence-electron chi connectivity index (χ2n) is 4.55. The molecule has 2 heteroatoms. The summed E-state index contributed by atoms with van der Waals surface area (Å²) in [5, 5.41) is 0. The third kappa shape index (κ3) is 2.76. The van der Waals surface area contributed by atoms with Crippen LogP contribution in [0.4, 0.5) is 0 Å². The molecule has 90 valence electrons. The van der Waals surface area contributed by atoms with Gasteiger partial charge in [0.25, 0.3) is 0 Å². The van der Waals surface area contributed by atoms with Gasteiger partial charge in [0.05, 0.1) is 6.61 Å². The Morgan fingerprint density at radius 3 is 2.25 bits per heavy atom. The molecule has 0 spiro atoms. The van der Waals surface area contributed by atoms with Crippen molar-refractivity contribution in [2.75, 3.05) is 6.61 Å². The van der Waals surface area contributed by atoms with Crippen LogP contribution in [0.2, 0.25) is 0 Å². The minimum atomic E-state index is -0.264. The molecule has 0 radical (unpaired) electrons. The van der Waals surface area contributed by atoms with Crippen LogP contribution in [-0.2, 0) is 5.54 Å². The number of hydrogen-bond acceptors (Lipinski definition) is 2. The molecule has 1 rings (SSSR count). The molecule has 1 aromatic carbocycles. The zero-order valence-corrected chi connectivity index (χ0v) is 10.8. The maximum atomic E-state index is 6.38. The Bertz CT molecular complexity index is 316. The molecule has 0 fully saturated rings. The van der Waals surface area contributed by atoms with Gasteiger partial charge in [-0.1, -0.05) is 32.4 Å². The van der Waals surface area contributed by atoms with Crippen LogP contribution in [0.5, 0.6) is 5.75 Å². The fourth-order valence-electron chi connectivity index (χ4n) is 1.79. The van der Waals surface area contributed by atoms with E-state index < -0.39 is 0 Å². The standard InChI is InChI=1S/C14H23NO/c1-5-11(3)14(4,15)12-7-9-13(10-8-12)16-6-2/h7-11H,5-6,15H2,1-4H3. The number of benzene rings is 1. The second kappa shape index (κ2) is 5.35. The van der Waals surface area contributed by atoms with Gasteiger partial charge in [0.1, 0.15) is 5.75 Å². The Labute approximate surface area is 98.8 Å². The number of hydrogen-bond donors (Lipinski definition) is 1. The van der Waals surface area contributed by atoms with Gasteiger partial charge in [-0.05, 0) is 37.5 Å². The summed E-state index contributed by atoms with van der Waals surface area (Å²) in [5.74, 6) is 1.37. The average Bonchev–Trinajstić information content (AvgIpc) is 2.29. The van der Waals surface area contributed by atoms with E-state index in [2.05, 4.69) is 32.9 Å². The van der Waals surface area contributed by atoms with E-state index in [1.165, 1.54) is 5.56 Å². The van der Waals surface area contributed by atoms with E-state index in [-0.39, 0.29) is 5.54 Å².